The van der Waals surface area contributed by atoms with Crippen LogP contribution in [0.3, 0.4) is 0 Å². The summed E-state index contributed by atoms with van der Waals surface area (Å²) < 4.78 is 0. The van der Waals surface area contributed by atoms with Gasteiger partial charge in [-0.1, -0.05) is 25.3 Å². The van der Waals surface area contributed by atoms with E-state index in [4.69, 9.17) is 5.11 Å². The molecule has 0 aromatic heterocycles. The van der Waals surface area contributed by atoms with Crippen molar-refractivity contribution in [2.75, 3.05) is 13.1 Å². The van der Waals surface area contributed by atoms with Crippen molar-refractivity contribution in [1.82, 2.24) is 4.90 Å². The number of likely N-dealkylation sites (tertiary alicyclic amines) is 1. The van der Waals surface area contributed by atoms with Crippen LogP contribution < -0.4 is 0 Å². The van der Waals surface area contributed by atoms with Gasteiger partial charge in [0.1, 0.15) is 0 Å². The number of carboxylic acid groups (broad SMARTS) is 1. The second-order valence-corrected chi connectivity index (χ2v) is 4.74. The van der Waals surface area contributed by atoms with Gasteiger partial charge in [-0.05, 0) is 32.7 Å². The Morgan fingerprint density at radius 2 is 2.25 bits per heavy atom. The molecule has 1 saturated heterocycles. The van der Waals surface area contributed by atoms with Crippen LogP contribution in [0.4, 0.5) is 0 Å². The molecule has 1 atom stereocenters. The number of aliphatic carboxylic acids is 1. The summed E-state index contributed by atoms with van der Waals surface area (Å²) in [6, 6.07) is 0.663. The SMILES string of the molecule is CCCC1CCCCN1CC(C)=CC(=O)O. The zero-order valence-corrected chi connectivity index (χ0v) is 10.4. The summed E-state index contributed by atoms with van der Waals surface area (Å²) in [4.78, 5) is 13.0. The van der Waals surface area contributed by atoms with Crippen LogP contribution in [-0.2, 0) is 4.79 Å². The van der Waals surface area contributed by atoms with Gasteiger partial charge in [0.25, 0.3) is 0 Å². The van der Waals surface area contributed by atoms with Gasteiger partial charge in [-0.15, -0.1) is 0 Å². The predicted molar refractivity (Wildman–Crippen MR) is 65.5 cm³/mol. The van der Waals surface area contributed by atoms with Crippen molar-refractivity contribution >= 4 is 5.97 Å². The number of piperidine rings is 1. The van der Waals surface area contributed by atoms with E-state index in [2.05, 4.69) is 11.8 Å². The molecule has 0 amide bonds. The van der Waals surface area contributed by atoms with Gasteiger partial charge in [0.05, 0.1) is 0 Å². The van der Waals surface area contributed by atoms with Crippen LogP contribution in [-0.4, -0.2) is 35.1 Å². The summed E-state index contributed by atoms with van der Waals surface area (Å²) in [5, 5.41) is 8.69. The minimum atomic E-state index is -0.832. The minimum Gasteiger partial charge on any atom is -0.478 e. The number of hydrogen-bond acceptors (Lipinski definition) is 2. The molecular formula is C13H23NO2. The Balaban J connectivity index is 2.52. The molecule has 0 radical (unpaired) electrons. The van der Waals surface area contributed by atoms with Gasteiger partial charge in [0.15, 0.2) is 0 Å². The van der Waals surface area contributed by atoms with Gasteiger partial charge in [0, 0.05) is 18.7 Å². The van der Waals surface area contributed by atoms with E-state index < -0.39 is 5.97 Å². The summed E-state index contributed by atoms with van der Waals surface area (Å²) in [7, 11) is 0. The molecule has 1 unspecified atom stereocenters. The van der Waals surface area contributed by atoms with Crippen molar-refractivity contribution in [3.8, 4) is 0 Å². The van der Waals surface area contributed by atoms with E-state index in [0.29, 0.717) is 6.04 Å². The maximum atomic E-state index is 10.6. The zero-order valence-electron chi connectivity index (χ0n) is 10.4. The molecule has 1 aliphatic heterocycles. The van der Waals surface area contributed by atoms with E-state index in [1.165, 1.54) is 38.2 Å². The summed E-state index contributed by atoms with van der Waals surface area (Å²) in [5.74, 6) is -0.832. The number of rotatable bonds is 5. The van der Waals surface area contributed by atoms with Gasteiger partial charge in [-0.25, -0.2) is 4.79 Å². The molecule has 0 aromatic carbocycles. The van der Waals surface area contributed by atoms with Crippen LogP contribution in [0.2, 0.25) is 0 Å². The molecule has 1 rings (SSSR count). The number of hydrogen-bond donors (Lipinski definition) is 1. The van der Waals surface area contributed by atoms with Gasteiger partial charge >= 0.3 is 5.97 Å². The molecule has 16 heavy (non-hydrogen) atoms. The Labute approximate surface area is 98.1 Å². The van der Waals surface area contributed by atoms with Crippen molar-refractivity contribution in [3.63, 3.8) is 0 Å². The predicted octanol–water partition coefficient (Wildman–Crippen LogP) is 2.67. The molecule has 92 valence electrons. The van der Waals surface area contributed by atoms with Gasteiger partial charge in [0.2, 0.25) is 0 Å². The zero-order chi connectivity index (χ0) is 12.0. The third-order valence-electron chi connectivity index (χ3n) is 3.19. The molecule has 0 spiro atoms. The third kappa shape index (κ3) is 4.35. The summed E-state index contributed by atoms with van der Waals surface area (Å²) in [5.41, 5.74) is 0.954. The van der Waals surface area contributed by atoms with Crippen molar-refractivity contribution in [2.45, 2.75) is 52.0 Å². The highest BCUT2D eigenvalue weighted by Gasteiger charge is 2.21. The average molecular weight is 225 g/mol. The van der Waals surface area contributed by atoms with Crippen molar-refractivity contribution in [1.29, 1.82) is 0 Å². The lowest BCUT2D eigenvalue weighted by Crippen LogP contribution is -2.40. The van der Waals surface area contributed by atoms with E-state index in [1.54, 1.807) is 0 Å². The smallest absolute Gasteiger partial charge is 0.328 e. The fourth-order valence-electron chi connectivity index (χ4n) is 2.51. The first-order valence-corrected chi connectivity index (χ1v) is 6.27. The van der Waals surface area contributed by atoms with Crippen LogP contribution in [0.1, 0.15) is 46.0 Å². The largest absolute Gasteiger partial charge is 0.478 e. The lowest BCUT2D eigenvalue weighted by atomic mass is 9.97. The molecule has 3 nitrogen and oxygen atoms in total. The van der Waals surface area contributed by atoms with Crippen molar-refractivity contribution in [3.05, 3.63) is 11.6 Å². The fraction of sp³-hybridized carbons (Fsp3) is 0.769. The van der Waals surface area contributed by atoms with E-state index in [-0.39, 0.29) is 0 Å². The number of carbonyl (C=O) groups is 1. The van der Waals surface area contributed by atoms with Gasteiger partial charge in [-0.3, -0.25) is 4.90 Å². The Morgan fingerprint density at radius 3 is 2.88 bits per heavy atom. The van der Waals surface area contributed by atoms with Crippen molar-refractivity contribution in [2.24, 2.45) is 0 Å². The highest BCUT2D eigenvalue weighted by Crippen LogP contribution is 2.21. The van der Waals surface area contributed by atoms with E-state index in [0.717, 1.165) is 18.7 Å². The second-order valence-electron chi connectivity index (χ2n) is 4.74. The monoisotopic (exact) mass is 225 g/mol. The highest BCUT2D eigenvalue weighted by atomic mass is 16.4. The third-order valence-corrected chi connectivity index (χ3v) is 3.19. The van der Waals surface area contributed by atoms with Gasteiger partial charge < -0.3 is 5.11 Å². The van der Waals surface area contributed by atoms with E-state index in [9.17, 15) is 4.79 Å². The number of carboxylic acids is 1. The van der Waals surface area contributed by atoms with Crippen LogP contribution in [0.15, 0.2) is 11.6 Å². The first-order chi connectivity index (χ1) is 7.63. The van der Waals surface area contributed by atoms with Gasteiger partial charge in [-0.2, -0.15) is 0 Å². The molecule has 3 heteroatoms. The van der Waals surface area contributed by atoms with Crippen LogP contribution in [0, 0.1) is 0 Å². The molecule has 1 heterocycles. The molecule has 0 bridgehead atoms. The fourth-order valence-corrected chi connectivity index (χ4v) is 2.51. The molecule has 0 aliphatic carbocycles. The maximum Gasteiger partial charge on any atom is 0.328 e. The molecule has 0 aromatic rings. The molecular weight excluding hydrogens is 202 g/mol. The summed E-state index contributed by atoms with van der Waals surface area (Å²) >= 11 is 0. The molecule has 1 fully saturated rings. The quantitative estimate of drug-likeness (QED) is 0.731. The topological polar surface area (TPSA) is 40.5 Å². The standard InChI is InChI=1S/C13H23NO2/c1-3-6-12-7-4-5-8-14(12)10-11(2)9-13(15)16/h9,12H,3-8,10H2,1-2H3,(H,15,16). The van der Waals surface area contributed by atoms with Crippen LogP contribution >= 0.6 is 0 Å². The van der Waals surface area contributed by atoms with Crippen LogP contribution in [0.5, 0.6) is 0 Å². The molecule has 1 N–H and O–H groups in total. The van der Waals surface area contributed by atoms with Crippen molar-refractivity contribution < 1.29 is 9.90 Å². The Kier molecular flexibility index (Phi) is 5.53. The Morgan fingerprint density at radius 1 is 1.50 bits per heavy atom. The summed E-state index contributed by atoms with van der Waals surface area (Å²) in [6.07, 6.45) is 7.62. The lowest BCUT2D eigenvalue weighted by molar-refractivity contribution is -0.131. The Hall–Kier alpha value is -0.830. The first-order valence-electron chi connectivity index (χ1n) is 6.27. The van der Waals surface area contributed by atoms with E-state index >= 15 is 0 Å². The normalized spacial score (nSPS) is 23.4. The lowest BCUT2D eigenvalue weighted by Gasteiger charge is -2.35. The number of nitrogens with zero attached hydrogens (tertiary/aromatic N) is 1. The highest BCUT2D eigenvalue weighted by molar-refractivity contribution is 5.80. The average Bonchev–Trinajstić information content (AvgIpc) is 2.20. The van der Waals surface area contributed by atoms with E-state index in [1.807, 2.05) is 6.92 Å². The molecule has 1 aliphatic rings. The molecule has 0 saturated carbocycles. The maximum absolute atomic E-state index is 10.6. The first kappa shape index (κ1) is 13.2. The van der Waals surface area contributed by atoms with Crippen LogP contribution in [0.25, 0.3) is 0 Å². The Bertz CT molecular complexity index is 259. The minimum absolute atomic E-state index is 0.663. The second kappa shape index (κ2) is 6.69. The summed E-state index contributed by atoms with van der Waals surface area (Å²) in [6.45, 7) is 6.06.